The molecule has 0 bridgehead atoms. The molecule has 2 aromatic carbocycles. The van der Waals surface area contributed by atoms with Crippen LogP contribution in [-0.2, 0) is 0 Å². The quantitative estimate of drug-likeness (QED) is 0.726. The van der Waals surface area contributed by atoms with Crippen molar-refractivity contribution >= 4 is 21.8 Å². The normalized spacial score (nSPS) is 11.0. The third-order valence-electron chi connectivity index (χ3n) is 3.15. The molecular formula is C16H15NO2. The molecule has 0 atom stereocenters. The van der Waals surface area contributed by atoms with Gasteiger partial charge in [-0.25, -0.2) is 0 Å². The number of benzene rings is 2. The molecule has 0 aliphatic carbocycles. The van der Waals surface area contributed by atoms with E-state index >= 15 is 0 Å². The molecule has 0 spiro atoms. The smallest absolute Gasteiger partial charge is 0.197 e. The summed E-state index contributed by atoms with van der Waals surface area (Å²) in [6.45, 7) is 2.75. The molecule has 1 heterocycles. The van der Waals surface area contributed by atoms with Gasteiger partial charge in [0.2, 0.25) is 0 Å². The summed E-state index contributed by atoms with van der Waals surface area (Å²) in [5, 5.41) is 1.42. The minimum Gasteiger partial charge on any atom is -0.494 e. The largest absolute Gasteiger partial charge is 0.494 e. The van der Waals surface area contributed by atoms with Gasteiger partial charge in [-0.3, -0.25) is 4.79 Å². The molecule has 3 nitrogen and oxygen atoms in total. The molecule has 0 radical (unpaired) electrons. The third kappa shape index (κ3) is 2.08. The van der Waals surface area contributed by atoms with Crippen molar-refractivity contribution in [1.82, 2.24) is 4.98 Å². The van der Waals surface area contributed by atoms with Crippen LogP contribution in [0.15, 0.2) is 47.3 Å². The lowest BCUT2D eigenvalue weighted by Gasteiger charge is -2.07. The van der Waals surface area contributed by atoms with Crippen molar-refractivity contribution in [2.24, 2.45) is 0 Å². The van der Waals surface area contributed by atoms with Crippen molar-refractivity contribution in [1.29, 1.82) is 0 Å². The molecule has 3 heteroatoms. The number of hydrogen-bond acceptors (Lipinski definition) is 2. The molecule has 0 saturated heterocycles. The molecule has 0 unspecified atom stereocenters. The molecular weight excluding hydrogens is 238 g/mol. The van der Waals surface area contributed by atoms with Crippen LogP contribution < -0.4 is 10.2 Å². The number of aromatic amines is 1. The van der Waals surface area contributed by atoms with E-state index in [1.54, 1.807) is 0 Å². The maximum atomic E-state index is 12.4. The predicted octanol–water partition coefficient (Wildman–Crippen LogP) is 3.47. The number of rotatable bonds is 3. The Morgan fingerprint density at radius 3 is 2.68 bits per heavy atom. The summed E-state index contributed by atoms with van der Waals surface area (Å²) in [4.78, 5) is 15.6. The number of aromatic nitrogens is 1. The van der Waals surface area contributed by atoms with Crippen LogP contribution in [0.3, 0.4) is 0 Å². The fraction of sp³-hybridized carbons (Fsp3) is 0.188. The zero-order valence-corrected chi connectivity index (χ0v) is 10.8. The Hall–Kier alpha value is -2.29. The zero-order valence-electron chi connectivity index (χ0n) is 10.8. The SMILES string of the molecule is CCCOc1ccc2c(=O)c3ccccc3[nH]c2c1. The minimum absolute atomic E-state index is 0.0615. The van der Waals surface area contributed by atoms with Crippen molar-refractivity contribution in [2.75, 3.05) is 6.61 Å². The van der Waals surface area contributed by atoms with Crippen LogP contribution in [0, 0.1) is 0 Å². The van der Waals surface area contributed by atoms with Gasteiger partial charge in [0.25, 0.3) is 0 Å². The highest BCUT2D eigenvalue weighted by Crippen LogP contribution is 2.20. The second-order valence-corrected chi connectivity index (χ2v) is 4.56. The molecule has 0 fully saturated rings. The van der Waals surface area contributed by atoms with Crippen LogP contribution in [-0.4, -0.2) is 11.6 Å². The molecule has 1 N–H and O–H groups in total. The van der Waals surface area contributed by atoms with Crippen LogP contribution in [0.2, 0.25) is 0 Å². The molecule has 0 aliphatic heterocycles. The first-order valence-corrected chi connectivity index (χ1v) is 6.47. The fourth-order valence-electron chi connectivity index (χ4n) is 2.21. The Balaban J connectivity index is 2.23. The number of pyridine rings is 1. The van der Waals surface area contributed by atoms with Gasteiger partial charge in [-0.1, -0.05) is 19.1 Å². The van der Waals surface area contributed by atoms with Gasteiger partial charge in [0, 0.05) is 22.4 Å². The van der Waals surface area contributed by atoms with E-state index in [4.69, 9.17) is 4.74 Å². The number of hydrogen-bond donors (Lipinski definition) is 1. The molecule has 1 aromatic heterocycles. The lowest BCUT2D eigenvalue weighted by molar-refractivity contribution is 0.318. The fourth-order valence-corrected chi connectivity index (χ4v) is 2.21. The van der Waals surface area contributed by atoms with Crippen molar-refractivity contribution < 1.29 is 4.74 Å². The van der Waals surface area contributed by atoms with Gasteiger partial charge in [-0.2, -0.15) is 0 Å². The Labute approximate surface area is 110 Å². The lowest BCUT2D eigenvalue weighted by Crippen LogP contribution is -2.04. The predicted molar refractivity (Wildman–Crippen MR) is 77.9 cm³/mol. The number of para-hydroxylation sites is 1. The van der Waals surface area contributed by atoms with Gasteiger partial charge in [0.15, 0.2) is 5.43 Å². The van der Waals surface area contributed by atoms with Crippen molar-refractivity contribution in [2.45, 2.75) is 13.3 Å². The Bertz CT molecular complexity index is 789. The highest BCUT2D eigenvalue weighted by atomic mass is 16.5. The van der Waals surface area contributed by atoms with E-state index in [2.05, 4.69) is 11.9 Å². The molecule has 0 amide bonds. The highest BCUT2D eigenvalue weighted by Gasteiger charge is 2.05. The van der Waals surface area contributed by atoms with E-state index in [0.29, 0.717) is 12.0 Å². The summed E-state index contributed by atoms with van der Waals surface area (Å²) in [5.74, 6) is 0.792. The molecule has 0 aliphatic rings. The third-order valence-corrected chi connectivity index (χ3v) is 3.15. The molecule has 19 heavy (non-hydrogen) atoms. The summed E-state index contributed by atoms with van der Waals surface area (Å²) in [6, 6.07) is 13.1. The molecule has 0 saturated carbocycles. The number of fused-ring (bicyclic) bond motifs is 2. The average molecular weight is 253 g/mol. The Morgan fingerprint density at radius 2 is 1.84 bits per heavy atom. The molecule has 96 valence electrons. The zero-order chi connectivity index (χ0) is 13.2. The molecule has 3 rings (SSSR count). The van der Waals surface area contributed by atoms with E-state index in [1.165, 1.54) is 0 Å². The Kier molecular flexibility index (Phi) is 2.95. The monoisotopic (exact) mass is 253 g/mol. The van der Waals surface area contributed by atoms with Crippen LogP contribution >= 0.6 is 0 Å². The summed E-state index contributed by atoms with van der Waals surface area (Å²) in [6.07, 6.45) is 0.965. The molecule has 3 aromatic rings. The van der Waals surface area contributed by atoms with Gasteiger partial charge in [0.05, 0.1) is 12.1 Å². The van der Waals surface area contributed by atoms with Gasteiger partial charge < -0.3 is 9.72 Å². The second kappa shape index (κ2) is 4.76. The standard InChI is InChI=1S/C16H15NO2/c1-2-9-19-11-7-8-13-15(10-11)17-14-6-4-3-5-12(14)16(13)18/h3-8,10H,2,9H2,1H3,(H,17,18). The van der Waals surface area contributed by atoms with E-state index < -0.39 is 0 Å². The highest BCUT2D eigenvalue weighted by molar-refractivity contribution is 5.92. The van der Waals surface area contributed by atoms with Gasteiger partial charge in [-0.15, -0.1) is 0 Å². The summed E-state index contributed by atoms with van der Waals surface area (Å²) < 4.78 is 5.59. The topological polar surface area (TPSA) is 42.1 Å². The van der Waals surface area contributed by atoms with Crippen LogP contribution in [0.25, 0.3) is 21.8 Å². The Morgan fingerprint density at radius 1 is 1.05 bits per heavy atom. The number of ether oxygens (including phenoxy) is 1. The summed E-state index contributed by atoms with van der Waals surface area (Å²) in [7, 11) is 0. The van der Waals surface area contributed by atoms with E-state index in [9.17, 15) is 4.79 Å². The van der Waals surface area contributed by atoms with Crippen LogP contribution in [0.1, 0.15) is 13.3 Å². The second-order valence-electron chi connectivity index (χ2n) is 4.56. The van der Waals surface area contributed by atoms with Gasteiger partial charge in [0.1, 0.15) is 5.75 Å². The van der Waals surface area contributed by atoms with Gasteiger partial charge in [-0.05, 0) is 30.7 Å². The maximum absolute atomic E-state index is 12.4. The first kappa shape index (κ1) is 11.8. The number of H-pyrrole nitrogens is 1. The van der Waals surface area contributed by atoms with E-state index in [1.807, 2.05) is 42.5 Å². The summed E-state index contributed by atoms with van der Waals surface area (Å²) in [5.41, 5.74) is 1.73. The van der Waals surface area contributed by atoms with Crippen LogP contribution in [0.4, 0.5) is 0 Å². The van der Waals surface area contributed by atoms with E-state index in [0.717, 1.165) is 28.6 Å². The van der Waals surface area contributed by atoms with Crippen molar-refractivity contribution in [3.8, 4) is 5.75 Å². The van der Waals surface area contributed by atoms with Gasteiger partial charge >= 0.3 is 0 Å². The first-order chi connectivity index (χ1) is 9.29. The minimum atomic E-state index is 0.0615. The van der Waals surface area contributed by atoms with E-state index in [-0.39, 0.29) is 5.43 Å². The number of nitrogens with one attached hydrogen (secondary N) is 1. The van der Waals surface area contributed by atoms with Crippen LogP contribution in [0.5, 0.6) is 5.75 Å². The van der Waals surface area contributed by atoms with Crippen molar-refractivity contribution in [3.05, 3.63) is 52.7 Å². The maximum Gasteiger partial charge on any atom is 0.197 e. The first-order valence-electron chi connectivity index (χ1n) is 6.47. The summed E-state index contributed by atoms with van der Waals surface area (Å²) >= 11 is 0. The average Bonchev–Trinajstić information content (AvgIpc) is 2.45. The van der Waals surface area contributed by atoms with Crippen molar-refractivity contribution in [3.63, 3.8) is 0 Å². The lowest BCUT2D eigenvalue weighted by atomic mass is 10.1.